The monoisotopic (exact) mass is 292 g/mol. The molecule has 6 heteroatoms. The van der Waals surface area contributed by atoms with Gasteiger partial charge in [-0.15, -0.1) is 0 Å². The van der Waals surface area contributed by atoms with Crippen LogP contribution in [0.3, 0.4) is 0 Å². The molecule has 1 aromatic rings. The zero-order valence-corrected chi connectivity index (χ0v) is 12.2. The van der Waals surface area contributed by atoms with E-state index in [1.165, 1.54) is 17.7 Å². The molecule has 0 saturated carbocycles. The lowest BCUT2D eigenvalue weighted by Gasteiger charge is -2.13. The maximum atomic E-state index is 12.2. The van der Waals surface area contributed by atoms with E-state index in [0.29, 0.717) is 0 Å². The molecule has 3 rings (SSSR count). The molecule has 0 aromatic carbocycles. The molecule has 0 radical (unpaired) electrons. The number of carboxylic acids is 1. The molecule has 6 nitrogen and oxygen atoms in total. The second-order valence-electron chi connectivity index (χ2n) is 5.71. The second kappa shape index (κ2) is 5.52. The molecule has 1 unspecified atom stereocenters. The number of aryl methyl sites for hydroxylation is 1. The van der Waals surface area contributed by atoms with Crippen LogP contribution < -0.4 is 0 Å². The predicted molar refractivity (Wildman–Crippen MR) is 75.1 cm³/mol. The number of aliphatic carboxylic acids is 1. The van der Waals surface area contributed by atoms with E-state index in [9.17, 15) is 9.59 Å². The minimum atomic E-state index is -0.956. The first-order valence-electron chi connectivity index (χ1n) is 7.48. The van der Waals surface area contributed by atoms with Crippen molar-refractivity contribution in [3.63, 3.8) is 0 Å². The number of rotatable bonds is 5. The number of hydrogen-bond acceptors (Lipinski definition) is 4. The number of carboxylic acid groups (broad SMARTS) is 1. The van der Waals surface area contributed by atoms with Crippen molar-refractivity contribution in [3.05, 3.63) is 23.2 Å². The van der Waals surface area contributed by atoms with Gasteiger partial charge in [-0.2, -0.15) is 0 Å². The van der Waals surface area contributed by atoms with E-state index in [1.807, 2.05) is 6.92 Å². The van der Waals surface area contributed by atoms with Crippen LogP contribution in [0.2, 0.25) is 0 Å². The number of likely N-dealkylation sites (tertiary alicyclic amines) is 1. The van der Waals surface area contributed by atoms with Gasteiger partial charge in [-0.05, 0) is 32.0 Å². The molecule has 114 valence electrons. The number of amides is 1. The van der Waals surface area contributed by atoms with Gasteiger partial charge in [0.2, 0.25) is 0 Å². The van der Waals surface area contributed by atoms with Crippen molar-refractivity contribution in [2.45, 2.75) is 38.8 Å². The van der Waals surface area contributed by atoms with Crippen LogP contribution in [0.5, 0.6) is 0 Å². The summed E-state index contributed by atoms with van der Waals surface area (Å²) >= 11 is 0. The van der Waals surface area contributed by atoms with E-state index >= 15 is 0 Å². The second-order valence-corrected chi connectivity index (χ2v) is 5.71. The van der Waals surface area contributed by atoms with Crippen LogP contribution in [-0.2, 0) is 17.8 Å². The number of nitrogens with zero attached hydrogens (tertiary/aromatic N) is 2. The van der Waals surface area contributed by atoms with E-state index in [0.717, 1.165) is 37.4 Å². The van der Waals surface area contributed by atoms with Crippen LogP contribution in [0.4, 0.5) is 0 Å². The molecule has 0 spiro atoms. The number of furan rings is 1. The van der Waals surface area contributed by atoms with Gasteiger partial charge in [0.1, 0.15) is 11.8 Å². The van der Waals surface area contributed by atoms with Crippen LogP contribution in [0, 0.1) is 0 Å². The summed E-state index contributed by atoms with van der Waals surface area (Å²) in [5, 5.41) is 8.88. The Hall–Kier alpha value is -1.82. The number of carbonyl (C=O) groups is 2. The zero-order valence-electron chi connectivity index (χ0n) is 12.2. The molecule has 1 atom stereocenters. The summed E-state index contributed by atoms with van der Waals surface area (Å²) in [6, 6.07) is 1.10. The van der Waals surface area contributed by atoms with Crippen molar-refractivity contribution in [2.24, 2.45) is 0 Å². The van der Waals surface area contributed by atoms with E-state index < -0.39 is 12.0 Å². The molecule has 0 aliphatic carbocycles. The Bertz CT molecular complexity index is 560. The summed E-state index contributed by atoms with van der Waals surface area (Å²) in [6.07, 6.45) is 3.18. The summed E-state index contributed by atoms with van der Waals surface area (Å²) in [5.74, 6) is -0.170. The van der Waals surface area contributed by atoms with Gasteiger partial charge in [-0.1, -0.05) is 6.92 Å². The molecule has 2 fully saturated rings. The standard InChI is InChI=1S/C15H20N2O4/c1-2-12-10(8-16-5-3-4-6-16)7-13(21-12)14(18)17-9-11(17)15(19)20/h7,11H,2-6,8-9H2,1H3,(H,19,20). The van der Waals surface area contributed by atoms with Crippen molar-refractivity contribution in [2.75, 3.05) is 19.6 Å². The Kier molecular flexibility index (Phi) is 3.71. The molecule has 1 N–H and O–H groups in total. The first kappa shape index (κ1) is 14.1. The van der Waals surface area contributed by atoms with Gasteiger partial charge in [0.15, 0.2) is 5.76 Å². The summed E-state index contributed by atoms with van der Waals surface area (Å²) in [6.45, 7) is 5.26. The van der Waals surface area contributed by atoms with Gasteiger partial charge in [0.05, 0.1) is 6.54 Å². The smallest absolute Gasteiger partial charge is 0.328 e. The topological polar surface area (TPSA) is 73.8 Å². The quantitative estimate of drug-likeness (QED) is 0.829. The highest BCUT2D eigenvalue weighted by Gasteiger charge is 2.45. The Morgan fingerprint density at radius 1 is 1.38 bits per heavy atom. The van der Waals surface area contributed by atoms with Crippen LogP contribution in [0.1, 0.15) is 41.6 Å². The predicted octanol–water partition coefficient (Wildman–Crippen LogP) is 1.35. The normalized spacial score (nSPS) is 21.8. The minimum absolute atomic E-state index is 0.268. The maximum Gasteiger partial charge on any atom is 0.328 e. The Morgan fingerprint density at radius 3 is 2.67 bits per heavy atom. The van der Waals surface area contributed by atoms with Gasteiger partial charge in [0, 0.05) is 18.5 Å². The molecule has 0 bridgehead atoms. The van der Waals surface area contributed by atoms with Crippen LogP contribution in [0.15, 0.2) is 10.5 Å². The van der Waals surface area contributed by atoms with E-state index in [1.54, 1.807) is 6.07 Å². The van der Waals surface area contributed by atoms with Gasteiger partial charge >= 0.3 is 5.97 Å². The summed E-state index contributed by atoms with van der Waals surface area (Å²) in [5.41, 5.74) is 1.05. The van der Waals surface area contributed by atoms with Crippen molar-refractivity contribution >= 4 is 11.9 Å². The largest absolute Gasteiger partial charge is 0.480 e. The molecule has 1 amide bonds. The Morgan fingerprint density at radius 2 is 2.10 bits per heavy atom. The molecular weight excluding hydrogens is 272 g/mol. The molecule has 1 aromatic heterocycles. The van der Waals surface area contributed by atoms with Gasteiger partial charge < -0.3 is 14.4 Å². The maximum absolute atomic E-state index is 12.2. The van der Waals surface area contributed by atoms with Gasteiger partial charge in [-0.3, -0.25) is 9.69 Å². The highest BCUT2D eigenvalue weighted by molar-refractivity contribution is 5.98. The highest BCUT2D eigenvalue weighted by atomic mass is 16.4. The van der Waals surface area contributed by atoms with E-state index in [2.05, 4.69) is 4.90 Å². The lowest BCUT2D eigenvalue weighted by atomic mass is 10.2. The average Bonchev–Trinajstić information content (AvgIpc) is 2.92. The minimum Gasteiger partial charge on any atom is -0.480 e. The number of carbonyl (C=O) groups excluding carboxylic acids is 1. The van der Waals surface area contributed by atoms with Gasteiger partial charge in [0.25, 0.3) is 5.91 Å². The van der Waals surface area contributed by atoms with Crippen LogP contribution in [-0.4, -0.2) is 52.5 Å². The third kappa shape index (κ3) is 2.81. The van der Waals surface area contributed by atoms with Crippen molar-refractivity contribution in [3.8, 4) is 0 Å². The molecule has 2 saturated heterocycles. The van der Waals surface area contributed by atoms with Crippen molar-refractivity contribution in [1.29, 1.82) is 0 Å². The third-order valence-corrected chi connectivity index (χ3v) is 4.18. The fraction of sp³-hybridized carbons (Fsp3) is 0.600. The summed E-state index contributed by atoms with van der Waals surface area (Å²) in [4.78, 5) is 26.7. The zero-order chi connectivity index (χ0) is 15.0. The summed E-state index contributed by atoms with van der Waals surface area (Å²) in [7, 11) is 0. The van der Waals surface area contributed by atoms with E-state index in [-0.39, 0.29) is 18.2 Å². The fourth-order valence-corrected chi connectivity index (χ4v) is 2.90. The molecule has 2 aliphatic heterocycles. The van der Waals surface area contributed by atoms with Crippen molar-refractivity contribution in [1.82, 2.24) is 9.80 Å². The molecule has 21 heavy (non-hydrogen) atoms. The summed E-state index contributed by atoms with van der Waals surface area (Å²) < 4.78 is 5.65. The fourth-order valence-electron chi connectivity index (χ4n) is 2.90. The first-order valence-corrected chi connectivity index (χ1v) is 7.48. The Balaban J connectivity index is 1.73. The molecular formula is C15H20N2O4. The third-order valence-electron chi connectivity index (χ3n) is 4.18. The van der Waals surface area contributed by atoms with Crippen LogP contribution >= 0.6 is 0 Å². The lowest BCUT2D eigenvalue weighted by molar-refractivity contribution is -0.137. The van der Waals surface area contributed by atoms with Crippen molar-refractivity contribution < 1.29 is 19.1 Å². The lowest BCUT2D eigenvalue weighted by Crippen LogP contribution is -2.19. The SMILES string of the molecule is CCc1oc(C(=O)N2CC2C(=O)O)cc1CN1CCCC1. The molecule has 2 aliphatic rings. The number of hydrogen-bond donors (Lipinski definition) is 1. The first-order chi connectivity index (χ1) is 10.1. The highest BCUT2D eigenvalue weighted by Crippen LogP contribution is 2.26. The Labute approximate surface area is 123 Å². The van der Waals surface area contributed by atoms with E-state index in [4.69, 9.17) is 9.52 Å². The molecule has 3 heterocycles. The van der Waals surface area contributed by atoms with Crippen LogP contribution in [0.25, 0.3) is 0 Å². The average molecular weight is 292 g/mol. The van der Waals surface area contributed by atoms with Gasteiger partial charge in [-0.25, -0.2) is 4.79 Å².